The first-order valence-corrected chi connectivity index (χ1v) is 7.39. The van der Waals surface area contributed by atoms with E-state index >= 15 is 0 Å². The Morgan fingerprint density at radius 2 is 2.22 bits per heavy atom. The van der Waals surface area contributed by atoms with Crippen molar-refractivity contribution in [3.8, 4) is 17.2 Å². The highest BCUT2D eigenvalue weighted by Crippen LogP contribution is 2.47. The van der Waals surface area contributed by atoms with E-state index in [2.05, 4.69) is 10.4 Å². The van der Waals surface area contributed by atoms with Gasteiger partial charge in [-0.15, -0.1) is 0 Å². The third-order valence-electron chi connectivity index (χ3n) is 4.35. The van der Waals surface area contributed by atoms with Crippen LogP contribution in [0.25, 0.3) is 0 Å². The number of nitrogens with zero attached hydrogens (tertiary/aromatic N) is 2. The molecule has 3 heterocycles. The van der Waals surface area contributed by atoms with E-state index in [0.717, 1.165) is 22.6 Å². The second-order valence-electron chi connectivity index (χ2n) is 5.73. The highest BCUT2D eigenvalue weighted by molar-refractivity contribution is 5.94. The number of amides is 1. The van der Waals surface area contributed by atoms with Crippen molar-refractivity contribution in [3.05, 3.63) is 29.0 Å². The Morgan fingerprint density at radius 1 is 1.39 bits per heavy atom. The summed E-state index contributed by atoms with van der Waals surface area (Å²) in [4.78, 5) is 12.1. The third-order valence-corrected chi connectivity index (χ3v) is 4.35. The summed E-state index contributed by atoms with van der Waals surface area (Å²) >= 11 is 0. The van der Waals surface area contributed by atoms with Crippen molar-refractivity contribution in [2.45, 2.75) is 19.3 Å². The van der Waals surface area contributed by atoms with E-state index in [-0.39, 0.29) is 18.6 Å². The van der Waals surface area contributed by atoms with Crippen molar-refractivity contribution >= 4 is 11.7 Å². The van der Waals surface area contributed by atoms with Gasteiger partial charge in [0.05, 0.1) is 12.8 Å². The number of aryl methyl sites for hydroxylation is 2. The quantitative estimate of drug-likeness (QED) is 0.916. The zero-order valence-corrected chi connectivity index (χ0v) is 13.2. The minimum absolute atomic E-state index is 0.0258. The van der Waals surface area contributed by atoms with Crippen LogP contribution in [-0.4, -0.2) is 29.6 Å². The number of hydrogen-bond donors (Lipinski definition) is 1. The van der Waals surface area contributed by atoms with Crippen LogP contribution >= 0.6 is 0 Å². The molecule has 0 saturated heterocycles. The van der Waals surface area contributed by atoms with Crippen LogP contribution in [0.15, 0.2) is 12.1 Å². The number of rotatable bonds is 2. The molecule has 0 fully saturated rings. The molecular formula is C16H17N3O4. The van der Waals surface area contributed by atoms with Gasteiger partial charge in [0.1, 0.15) is 5.82 Å². The molecule has 1 amide bonds. The molecule has 7 nitrogen and oxygen atoms in total. The van der Waals surface area contributed by atoms with Crippen LogP contribution in [0.3, 0.4) is 0 Å². The van der Waals surface area contributed by atoms with E-state index < -0.39 is 0 Å². The van der Waals surface area contributed by atoms with Gasteiger partial charge in [-0.05, 0) is 24.6 Å². The summed E-state index contributed by atoms with van der Waals surface area (Å²) in [7, 11) is 3.42. The second-order valence-corrected chi connectivity index (χ2v) is 5.73. The lowest BCUT2D eigenvalue weighted by atomic mass is 9.85. The van der Waals surface area contributed by atoms with Gasteiger partial charge in [-0.3, -0.25) is 9.48 Å². The number of anilines is 1. The summed E-state index contributed by atoms with van der Waals surface area (Å²) in [6, 6.07) is 3.83. The van der Waals surface area contributed by atoms with Crippen LogP contribution in [0, 0.1) is 6.92 Å². The third kappa shape index (κ3) is 2.03. The van der Waals surface area contributed by atoms with Crippen molar-refractivity contribution in [3.63, 3.8) is 0 Å². The molecular weight excluding hydrogens is 298 g/mol. The number of hydrogen-bond acceptors (Lipinski definition) is 5. The first-order valence-electron chi connectivity index (χ1n) is 7.39. The van der Waals surface area contributed by atoms with Gasteiger partial charge in [0, 0.05) is 24.9 Å². The summed E-state index contributed by atoms with van der Waals surface area (Å²) in [5.74, 6) is 2.51. The van der Waals surface area contributed by atoms with Crippen molar-refractivity contribution in [1.29, 1.82) is 0 Å². The van der Waals surface area contributed by atoms with Crippen LogP contribution in [0.5, 0.6) is 17.2 Å². The molecule has 4 rings (SSSR count). The second kappa shape index (κ2) is 4.91. The van der Waals surface area contributed by atoms with E-state index in [1.54, 1.807) is 11.8 Å². The van der Waals surface area contributed by atoms with E-state index in [1.807, 2.05) is 26.1 Å². The molecule has 1 atom stereocenters. The fourth-order valence-electron chi connectivity index (χ4n) is 3.35. The SMILES string of the molecule is COc1cc([C@H]2CC(=O)Nc3c2c(C)nn3C)cc2c1OCO2. The molecule has 7 heteroatoms. The van der Waals surface area contributed by atoms with Crippen LogP contribution in [0.2, 0.25) is 0 Å². The topological polar surface area (TPSA) is 74.6 Å². The lowest BCUT2D eigenvalue weighted by Crippen LogP contribution is -2.24. The molecule has 2 aromatic rings. The van der Waals surface area contributed by atoms with Gasteiger partial charge in [-0.2, -0.15) is 5.10 Å². The molecule has 0 bridgehead atoms. The Labute approximate surface area is 133 Å². The Kier molecular flexibility index (Phi) is 2.97. The maximum absolute atomic E-state index is 12.1. The lowest BCUT2D eigenvalue weighted by molar-refractivity contribution is -0.116. The van der Waals surface area contributed by atoms with Gasteiger partial charge >= 0.3 is 0 Å². The molecule has 2 aliphatic rings. The van der Waals surface area contributed by atoms with Crippen molar-refractivity contribution < 1.29 is 19.0 Å². The number of fused-ring (bicyclic) bond motifs is 2. The normalized spacial score (nSPS) is 18.6. The largest absolute Gasteiger partial charge is 0.493 e. The molecule has 1 aromatic carbocycles. The summed E-state index contributed by atoms with van der Waals surface area (Å²) in [6.07, 6.45) is 0.363. The van der Waals surface area contributed by atoms with Gasteiger partial charge in [-0.25, -0.2) is 0 Å². The first-order chi connectivity index (χ1) is 11.1. The number of ether oxygens (including phenoxy) is 3. The van der Waals surface area contributed by atoms with Gasteiger partial charge in [0.2, 0.25) is 18.4 Å². The lowest BCUT2D eigenvalue weighted by Gasteiger charge is -2.24. The van der Waals surface area contributed by atoms with E-state index in [0.29, 0.717) is 23.7 Å². The number of nitrogens with one attached hydrogen (secondary N) is 1. The van der Waals surface area contributed by atoms with E-state index in [4.69, 9.17) is 14.2 Å². The molecule has 0 unspecified atom stereocenters. The number of methoxy groups -OCH3 is 1. The van der Waals surface area contributed by atoms with Crippen LogP contribution in [-0.2, 0) is 11.8 Å². The highest BCUT2D eigenvalue weighted by atomic mass is 16.7. The van der Waals surface area contributed by atoms with E-state index in [9.17, 15) is 4.79 Å². The minimum atomic E-state index is -0.0872. The van der Waals surface area contributed by atoms with Crippen LogP contribution in [0.1, 0.15) is 29.2 Å². The summed E-state index contributed by atoms with van der Waals surface area (Å²) < 4.78 is 18.1. The Bertz CT molecular complexity index is 812. The number of benzene rings is 1. The van der Waals surface area contributed by atoms with Crippen molar-refractivity contribution in [1.82, 2.24) is 9.78 Å². The fourth-order valence-corrected chi connectivity index (χ4v) is 3.35. The van der Waals surface area contributed by atoms with Gasteiger partial charge in [0.25, 0.3) is 0 Å². The maximum atomic E-state index is 12.1. The molecule has 0 aliphatic carbocycles. The Hall–Kier alpha value is -2.70. The molecule has 2 aliphatic heterocycles. The minimum Gasteiger partial charge on any atom is -0.493 e. The number of aromatic nitrogens is 2. The predicted molar refractivity (Wildman–Crippen MR) is 82.2 cm³/mol. The molecule has 23 heavy (non-hydrogen) atoms. The summed E-state index contributed by atoms with van der Waals surface area (Å²) in [6.45, 7) is 2.13. The molecule has 1 aromatic heterocycles. The smallest absolute Gasteiger partial charge is 0.231 e. The van der Waals surface area contributed by atoms with Crippen LogP contribution in [0.4, 0.5) is 5.82 Å². The van der Waals surface area contributed by atoms with E-state index in [1.165, 1.54) is 0 Å². The Balaban J connectivity index is 1.87. The molecule has 120 valence electrons. The summed E-state index contributed by atoms with van der Waals surface area (Å²) in [5, 5.41) is 7.34. The number of carbonyl (C=O) groups is 1. The highest BCUT2D eigenvalue weighted by Gasteiger charge is 2.33. The first kappa shape index (κ1) is 13.9. The van der Waals surface area contributed by atoms with Crippen molar-refractivity contribution in [2.75, 3.05) is 19.2 Å². The Morgan fingerprint density at radius 3 is 3.00 bits per heavy atom. The predicted octanol–water partition coefficient (Wildman–Crippen LogP) is 1.94. The zero-order chi connectivity index (χ0) is 16.1. The van der Waals surface area contributed by atoms with Gasteiger partial charge in [-0.1, -0.05) is 0 Å². The summed E-state index contributed by atoms with van der Waals surface area (Å²) in [5.41, 5.74) is 2.90. The molecule has 1 N–H and O–H groups in total. The maximum Gasteiger partial charge on any atom is 0.231 e. The van der Waals surface area contributed by atoms with Crippen LogP contribution < -0.4 is 19.5 Å². The molecule has 0 spiro atoms. The van der Waals surface area contributed by atoms with Gasteiger partial charge < -0.3 is 19.5 Å². The standard InChI is InChI=1S/C16H17N3O4/c1-8-14-10(6-13(20)17-16(14)19(2)18-8)9-4-11(21-3)15-12(5-9)22-7-23-15/h4-5,10H,6-7H2,1-3H3,(H,17,20)/t10-/m1/s1. The molecule has 0 saturated carbocycles. The average Bonchev–Trinajstić information content (AvgIpc) is 3.10. The molecule has 0 radical (unpaired) electrons. The zero-order valence-electron chi connectivity index (χ0n) is 13.2. The number of carbonyl (C=O) groups excluding carboxylic acids is 1. The van der Waals surface area contributed by atoms with Crippen molar-refractivity contribution in [2.24, 2.45) is 7.05 Å². The fraction of sp³-hybridized carbons (Fsp3) is 0.375. The monoisotopic (exact) mass is 315 g/mol. The van der Waals surface area contributed by atoms with Gasteiger partial charge in [0.15, 0.2) is 11.5 Å². The average molecular weight is 315 g/mol.